The number of nitro groups is 1. The van der Waals surface area contributed by atoms with Gasteiger partial charge in [0.1, 0.15) is 11.5 Å². The van der Waals surface area contributed by atoms with Crippen LogP contribution in [0.1, 0.15) is 20.8 Å². The summed E-state index contributed by atoms with van der Waals surface area (Å²) in [5.41, 5.74) is -0.734. The number of amides is 1. The number of anilines is 1. The molecule has 0 aliphatic carbocycles. The fraction of sp³-hybridized carbons (Fsp3) is 0.417. The van der Waals surface area contributed by atoms with Gasteiger partial charge in [0.25, 0.3) is 5.69 Å². The third kappa shape index (κ3) is 5.01. The molecule has 0 bridgehead atoms. The van der Waals surface area contributed by atoms with Gasteiger partial charge in [0.2, 0.25) is 5.91 Å². The van der Waals surface area contributed by atoms with Crippen molar-refractivity contribution in [3.8, 4) is 0 Å². The van der Waals surface area contributed by atoms with Gasteiger partial charge in [0.15, 0.2) is 0 Å². The van der Waals surface area contributed by atoms with Crippen LogP contribution in [0.2, 0.25) is 0 Å². The zero-order chi connectivity index (χ0) is 14.6. The van der Waals surface area contributed by atoms with Gasteiger partial charge >= 0.3 is 0 Å². The van der Waals surface area contributed by atoms with E-state index in [4.69, 9.17) is 0 Å². The maximum absolute atomic E-state index is 12.9. The predicted octanol–water partition coefficient (Wildman–Crippen LogP) is 2.06. The average molecular weight is 269 g/mol. The number of nitrogens with zero attached hydrogens (tertiary/aromatic N) is 1. The highest BCUT2D eigenvalue weighted by atomic mass is 19.1. The Morgan fingerprint density at radius 3 is 2.58 bits per heavy atom. The summed E-state index contributed by atoms with van der Waals surface area (Å²) in [5, 5.41) is 16.1. The molecule has 1 rings (SSSR count). The Bertz CT molecular complexity index is 497. The summed E-state index contributed by atoms with van der Waals surface area (Å²) in [7, 11) is 0. The van der Waals surface area contributed by atoms with Crippen LogP contribution in [-0.2, 0) is 4.79 Å². The molecule has 1 aromatic rings. The molecule has 2 N–H and O–H groups in total. The number of nitro benzene ring substituents is 1. The van der Waals surface area contributed by atoms with Crippen LogP contribution in [0.15, 0.2) is 18.2 Å². The molecule has 0 spiro atoms. The first-order valence-electron chi connectivity index (χ1n) is 5.68. The van der Waals surface area contributed by atoms with Crippen molar-refractivity contribution in [2.75, 3.05) is 11.9 Å². The fourth-order valence-corrected chi connectivity index (χ4v) is 1.30. The highest BCUT2D eigenvalue weighted by Gasteiger charge is 2.18. The molecule has 0 saturated heterocycles. The Kier molecular flexibility index (Phi) is 4.55. The number of nitrogens with one attached hydrogen (secondary N) is 2. The van der Waals surface area contributed by atoms with Crippen molar-refractivity contribution in [2.24, 2.45) is 0 Å². The van der Waals surface area contributed by atoms with Crippen molar-refractivity contribution in [1.82, 2.24) is 5.32 Å². The van der Waals surface area contributed by atoms with Gasteiger partial charge in [0, 0.05) is 5.54 Å². The van der Waals surface area contributed by atoms with Crippen molar-refractivity contribution in [2.45, 2.75) is 26.3 Å². The zero-order valence-electron chi connectivity index (χ0n) is 11.0. The van der Waals surface area contributed by atoms with E-state index in [0.29, 0.717) is 0 Å². The van der Waals surface area contributed by atoms with Gasteiger partial charge in [-0.15, -0.1) is 0 Å². The fourth-order valence-electron chi connectivity index (χ4n) is 1.30. The van der Waals surface area contributed by atoms with Crippen molar-refractivity contribution >= 4 is 17.3 Å². The van der Waals surface area contributed by atoms with Crippen LogP contribution < -0.4 is 10.6 Å². The number of hydrogen-bond acceptors (Lipinski definition) is 4. The summed E-state index contributed by atoms with van der Waals surface area (Å²) < 4.78 is 12.9. The predicted molar refractivity (Wildman–Crippen MR) is 69.4 cm³/mol. The molecule has 0 unspecified atom stereocenters. The number of rotatable bonds is 4. The molecule has 0 aliphatic rings. The Hall–Kier alpha value is -2.02. The molecule has 0 aromatic heterocycles. The van der Waals surface area contributed by atoms with Crippen LogP contribution >= 0.6 is 0 Å². The van der Waals surface area contributed by atoms with Crippen molar-refractivity contribution in [1.29, 1.82) is 0 Å². The SMILES string of the molecule is CC(C)(C)NCC(=O)Nc1ccc(F)cc1[N+](=O)[O-]. The molecular weight excluding hydrogens is 253 g/mol. The molecular formula is C12H16FN3O3. The molecule has 104 valence electrons. The van der Waals surface area contributed by atoms with Gasteiger partial charge in [0.05, 0.1) is 17.5 Å². The Morgan fingerprint density at radius 1 is 1.42 bits per heavy atom. The second-order valence-corrected chi connectivity index (χ2v) is 5.07. The third-order valence-corrected chi connectivity index (χ3v) is 2.21. The first-order valence-corrected chi connectivity index (χ1v) is 5.68. The molecule has 7 heteroatoms. The lowest BCUT2D eigenvalue weighted by Crippen LogP contribution is -2.41. The molecule has 1 aromatic carbocycles. The van der Waals surface area contributed by atoms with Gasteiger partial charge in [-0.1, -0.05) is 0 Å². The van der Waals surface area contributed by atoms with E-state index in [9.17, 15) is 19.3 Å². The maximum Gasteiger partial charge on any atom is 0.295 e. The highest BCUT2D eigenvalue weighted by molar-refractivity contribution is 5.94. The molecule has 6 nitrogen and oxygen atoms in total. The van der Waals surface area contributed by atoms with Crippen molar-refractivity contribution in [3.63, 3.8) is 0 Å². The number of carbonyl (C=O) groups is 1. The molecule has 0 aliphatic heterocycles. The third-order valence-electron chi connectivity index (χ3n) is 2.21. The minimum absolute atomic E-state index is 0.0119. The van der Waals surface area contributed by atoms with Crippen LogP contribution in [0.3, 0.4) is 0 Å². The molecule has 19 heavy (non-hydrogen) atoms. The largest absolute Gasteiger partial charge is 0.319 e. The normalized spacial score (nSPS) is 11.2. The van der Waals surface area contributed by atoms with Gasteiger partial charge in [-0.25, -0.2) is 4.39 Å². The van der Waals surface area contributed by atoms with Crippen molar-refractivity contribution in [3.05, 3.63) is 34.1 Å². The lowest BCUT2D eigenvalue weighted by molar-refractivity contribution is -0.384. The van der Waals surface area contributed by atoms with Crippen molar-refractivity contribution < 1.29 is 14.1 Å². The van der Waals surface area contributed by atoms with Gasteiger partial charge in [-0.2, -0.15) is 0 Å². The summed E-state index contributed by atoms with van der Waals surface area (Å²) in [5.74, 6) is -1.15. The van der Waals surface area contributed by atoms with E-state index in [1.54, 1.807) is 0 Å². The van der Waals surface area contributed by atoms with E-state index in [-0.39, 0.29) is 17.8 Å². The second-order valence-electron chi connectivity index (χ2n) is 5.07. The lowest BCUT2D eigenvalue weighted by Gasteiger charge is -2.19. The highest BCUT2D eigenvalue weighted by Crippen LogP contribution is 2.24. The van der Waals surface area contributed by atoms with Crippen LogP contribution in [0.4, 0.5) is 15.8 Å². The number of benzene rings is 1. The van der Waals surface area contributed by atoms with E-state index < -0.39 is 22.3 Å². The monoisotopic (exact) mass is 269 g/mol. The van der Waals surface area contributed by atoms with Crippen LogP contribution in [0.25, 0.3) is 0 Å². The summed E-state index contributed by atoms with van der Waals surface area (Å²) in [4.78, 5) is 21.6. The Morgan fingerprint density at radius 2 is 2.05 bits per heavy atom. The van der Waals surface area contributed by atoms with Crippen LogP contribution in [-0.4, -0.2) is 22.9 Å². The summed E-state index contributed by atoms with van der Waals surface area (Å²) in [6, 6.07) is 3.00. The van der Waals surface area contributed by atoms with Gasteiger partial charge in [-0.3, -0.25) is 14.9 Å². The summed E-state index contributed by atoms with van der Waals surface area (Å²) >= 11 is 0. The molecule has 0 atom stereocenters. The standard InChI is InChI=1S/C12H16FN3O3/c1-12(2,3)14-7-11(17)15-9-5-4-8(13)6-10(9)16(18)19/h4-6,14H,7H2,1-3H3,(H,15,17). The number of carbonyl (C=O) groups excluding carboxylic acids is 1. The number of halogens is 1. The topological polar surface area (TPSA) is 84.3 Å². The first kappa shape index (κ1) is 15.0. The van der Waals surface area contributed by atoms with E-state index >= 15 is 0 Å². The molecule has 0 saturated carbocycles. The van der Waals surface area contributed by atoms with Gasteiger partial charge in [-0.05, 0) is 32.9 Å². The molecule has 0 heterocycles. The second kappa shape index (κ2) is 5.75. The lowest BCUT2D eigenvalue weighted by atomic mass is 10.1. The quantitative estimate of drug-likeness (QED) is 0.647. The minimum atomic E-state index is -0.740. The molecule has 0 fully saturated rings. The van der Waals surface area contributed by atoms with Crippen LogP contribution in [0.5, 0.6) is 0 Å². The minimum Gasteiger partial charge on any atom is -0.319 e. The Labute approximate surface area is 110 Å². The van der Waals surface area contributed by atoms with E-state index in [1.807, 2.05) is 20.8 Å². The van der Waals surface area contributed by atoms with E-state index in [2.05, 4.69) is 10.6 Å². The first-order chi connectivity index (χ1) is 8.69. The molecule has 1 amide bonds. The van der Waals surface area contributed by atoms with Crippen LogP contribution in [0, 0.1) is 15.9 Å². The Balaban J connectivity index is 2.77. The maximum atomic E-state index is 12.9. The number of hydrogen-bond donors (Lipinski definition) is 2. The summed E-state index contributed by atoms with van der Waals surface area (Å²) in [6.07, 6.45) is 0. The van der Waals surface area contributed by atoms with Gasteiger partial charge < -0.3 is 10.6 Å². The van der Waals surface area contributed by atoms with E-state index in [1.165, 1.54) is 6.07 Å². The zero-order valence-corrected chi connectivity index (χ0v) is 11.0. The smallest absolute Gasteiger partial charge is 0.295 e. The summed E-state index contributed by atoms with van der Waals surface area (Å²) in [6.45, 7) is 5.68. The average Bonchev–Trinajstić information content (AvgIpc) is 2.28. The molecule has 0 radical (unpaired) electrons. The van der Waals surface area contributed by atoms with E-state index in [0.717, 1.165) is 12.1 Å².